The van der Waals surface area contributed by atoms with Gasteiger partial charge in [-0.2, -0.15) is 0 Å². The number of thiophene rings is 1. The molecule has 0 bridgehead atoms. The van der Waals surface area contributed by atoms with Crippen molar-refractivity contribution in [3.63, 3.8) is 0 Å². The number of benzene rings is 4. The van der Waals surface area contributed by atoms with Gasteiger partial charge in [-0.05, 0) is 47.5 Å². The Morgan fingerprint density at radius 3 is 1.48 bits per heavy atom. The molecule has 0 fully saturated rings. The van der Waals surface area contributed by atoms with E-state index in [9.17, 15) is 9.59 Å². The third kappa shape index (κ3) is 1.79. The standard InChI is InChI=1S/C22H14O2S/c1-11(23)13-7-9-17-15-5-3-4-6-16(15)18-10-8-14(12(2)24)22-20(18)19(17)21(13)25-22/h3-10H,1-2H3. The van der Waals surface area contributed by atoms with E-state index in [1.54, 1.807) is 25.2 Å². The second-order valence-electron chi connectivity index (χ2n) is 6.49. The summed E-state index contributed by atoms with van der Waals surface area (Å²) >= 11 is 1.57. The van der Waals surface area contributed by atoms with E-state index in [0.717, 1.165) is 42.1 Å². The molecule has 0 saturated heterocycles. The fourth-order valence-corrected chi connectivity index (χ4v) is 5.41. The number of hydrogen-bond acceptors (Lipinski definition) is 3. The van der Waals surface area contributed by atoms with E-state index < -0.39 is 0 Å². The van der Waals surface area contributed by atoms with Gasteiger partial charge in [-0.15, -0.1) is 11.3 Å². The van der Waals surface area contributed by atoms with E-state index in [1.807, 2.05) is 36.4 Å². The second-order valence-corrected chi connectivity index (χ2v) is 7.51. The minimum Gasteiger partial charge on any atom is -0.294 e. The van der Waals surface area contributed by atoms with Gasteiger partial charge in [0.25, 0.3) is 0 Å². The highest BCUT2D eigenvalue weighted by atomic mass is 32.1. The van der Waals surface area contributed by atoms with Crippen molar-refractivity contribution in [1.29, 1.82) is 0 Å². The molecular weight excluding hydrogens is 328 g/mol. The maximum Gasteiger partial charge on any atom is 0.161 e. The molecule has 5 rings (SSSR count). The Labute approximate surface area is 148 Å². The van der Waals surface area contributed by atoms with Crippen LogP contribution in [0, 0.1) is 0 Å². The van der Waals surface area contributed by atoms with Crippen LogP contribution in [0.25, 0.3) is 41.7 Å². The number of Topliss-reactive ketones (excluding diaryl/α,β-unsaturated/α-hetero) is 2. The van der Waals surface area contributed by atoms with Crippen LogP contribution < -0.4 is 0 Å². The van der Waals surface area contributed by atoms with Crippen molar-refractivity contribution in [2.45, 2.75) is 13.8 Å². The molecule has 25 heavy (non-hydrogen) atoms. The average molecular weight is 342 g/mol. The van der Waals surface area contributed by atoms with Crippen molar-refractivity contribution in [2.24, 2.45) is 0 Å². The molecule has 3 heteroatoms. The topological polar surface area (TPSA) is 34.1 Å². The van der Waals surface area contributed by atoms with Crippen molar-refractivity contribution in [1.82, 2.24) is 0 Å². The summed E-state index contributed by atoms with van der Waals surface area (Å²) in [5, 5.41) is 6.90. The van der Waals surface area contributed by atoms with Crippen LogP contribution >= 0.6 is 11.3 Å². The molecule has 0 aliphatic carbocycles. The highest BCUT2D eigenvalue weighted by molar-refractivity contribution is 7.27. The summed E-state index contributed by atoms with van der Waals surface area (Å²) in [5.74, 6) is 0.116. The van der Waals surface area contributed by atoms with Gasteiger partial charge >= 0.3 is 0 Å². The monoisotopic (exact) mass is 342 g/mol. The predicted molar refractivity (Wildman–Crippen MR) is 106 cm³/mol. The third-order valence-corrected chi connectivity index (χ3v) is 6.29. The van der Waals surface area contributed by atoms with E-state index in [2.05, 4.69) is 12.1 Å². The van der Waals surface area contributed by atoms with Crippen LogP contribution in [-0.2, 0) is 0 Å². The van der Waals surface area contributed by atoms with Crippen LogP contribution in [0.1, 0.15) is 34.6 Å². The van der Waals surface area contributed by atoms with Gasteiger partial charge < -0.3 is 0 Å². The van der Waals surface area contributed by atoms with Gasteiger partial charge in [0, 0.05) is 31.3 Å². The molecule has 0 radical (unpaired) electrons. The lowest BCUT2D eigenvalue weighted by Gasteiger charge is -2.10. The Hall–Kier alpha value is -2.78. The molecular formula is C22H14O2S. The van der Waals surface area contributed by atoms with Crippen molar-refractivity contribution in [2.75, 3.05) is 0 Å². The minimum absolute atomic E-state index is 0.0582. The Morgan fingerprint density at radius 2 is 1.08 bits per heavy atom. The van der Waals surface area contributed by atoms with E-state index >= 15 is 0 Å². The second kappa shape index (κ2) is 4.87. The first-order chi connectivity index (χ1) is 12.1. The molecule has 5 aromatic rings. The summed E-state index contributed by atoms with van der Waals surface area (Å²) in [7, 11) is 0. The van der Waals surface area contributed by atoms with Crippen molar-refractivity contribution < 1.29 is 9.59 Å². The molecule has 1 heterocycles. The van der Waals surface area contributed by atoms with Gasteiger partial charge in [0.05, 0.1) is 0 Å². The first kappa shape index (κ1) is 14.6. The first-order valence-electron chi connectivity index (χ1n) is 8.22. The van der Waals surface area contributed by atoms with Crippen LogP contribution in [0.4, 0.5) is 0 Å². The maximum atomic E-state index is 12.2. The predicted octanol–water partition coefficient (Wildman–Crippen LogP) is 6.20. The fraction of sp³-hybridized carbons (Fsp3) is 0.0909. The molecule has 0 aliphatic rings. The lowest BCUT2D eigenvalue weighted by molar-refractivity contribution is 0.101. The van der Waals surface area contributed by atoms with E-state index in [-0.39, 0.29) is 11.6 Å². The lowest BCUT2D eigenvalue weighted by atomic mass is 9.91. The number of fused-ring (bicyclic) bond motifs is 3. The number of rotatable bonds is 2. The molecule has 2 nitrogen and oxygen atoms in total. The van der Waals surface area contributed by atoms with Crippen LogP contribution in [0.5, 0.6) is 0 Å². The number of ketones is 2. The van der Waals surface area contributed by atoms with Gasteiger partial charge in [-0.25, -0.2) is 0 Å². The Morgan fingerprint density at radius 1 is 0.640 bits per heavy atom. The largest absolute Gasteiger partial charge is 0.294 e. The number of carbonyl (C=O) groups excluding carboxylic acids is 2. The number of hydrogen-bond donors (Lipinski definition) is 0. The van der Waals surface area contributed by atoms with Gasteiger partial charge in [0.2, 0.25) is 0 Å². The van der Waals surface area contributed by atoms with Crippen molar-refractivity contribution in [3.05, 3.63) is 59.7 Å². The molecule has 0 atom stereocenters. The van der Waals surface area contributed by atoms with Gasteiger partial charge in [0.15, 0.2) is 11.6 Å². The van der Waals surface area contributed by atoms with Crippen LogP contribution in [-0.4, -0.2) is 11.6 Å². The van der Waals surface area contributed by atoms with E-state index in [0.29, 0.717) is 0 Å². The third-order valence-electron chi connectivity index (χ3n) is 5.04. The first-order valence-corrected chi connectivity index (χ1v) is 9.03. The summed E-state index contributed by atoms with van der Waals surface area (Å²) in [4.78, 5) is 24.3. The zero-order chi connectivity index (χ0) is 17.3. The highest BCUT2D eigenvalue weighted by Gasteiger charge is 2.21. The summed E-state index contributed by atoms with van der Waals surface area (Å²) in [6.45, 7) is 3.21. The highest BCUT2D eigenvalue weighted by Crippen LogP contribution is 2.47. The summed E-state index contributed by atoms with van der Waals surface area (Å²) in [5.41, 5.74) is 1.47. The zero-order valence-corrected chi connectivity index (χ0v) is 14.7. The SMILES string of the molecule is CC(=O)c1ccc2c3ccccc3c3ccc(C(C)=O)c4sc1c2c43. The van der Waals surface area contributed by atoms with E-state index in [1.165, 1.54) is 10.8 Å². The Balaban J connectivity index is 2.20. The van der Waals surface area contributed by atoms with Crippen LogP contribution in [0.15, 0.2) is 48.5 Å². The maximum absolute atomic E-state index is 12.2. The Bertz CT molecular complexity index is 1240. The molecule has 0 saturated carbocycles. The average Bonchev–Trinajstić information content (AvgIpc) is 3.00. The summed E-state index contributed by atoms with van der Waals surface area (Å²) in [6.07, 6.45) is 0. The summed E-state index contributed by atoms with van der Waals surface area (Å²) in [6, 6.07) is 16.3. The zero-order valence-electron chi connectivity index (χ0n) is 13.8. The lowest BCUT2D eigenvalue weighted by Crippen LogP contribution is -1.93. The van der Waals surface area contributed by atoms with Crippen molar-refractivity contribution in [3.8, 4) is 0 Å². The molecule has 0 unspecified atom stereocenters. The molecule has 120 valence electrons. The number of carbonyl (C=O) groups is 2. The minimum atomic E-state index is 0.0582. The van der Waals surface area contributed by atoms with Crippen LogP contribution in [0.2, 0.25) is 0 Å². The van der Waals surface area contributed by atoms with Gasteiger partial charge in [-0.3, -0.25) is 9.59 Å². The smallest absolute Gasteiger partial charge is 0.161 e. The molecule has 4 aromatic carbocycles. The van der Waals surface area contributed by atoms with Crippen LogP contribution in [0.3, 0.4) is 0 Å². The van der Waals surface area contributed by atoms with Gasteiger partial charge in [-0.1, -0.05) is 36.4 Å². The Kier molecular flexibility index (Phi) is 2.83. The summed E-state index contributed by atoms with van der Waals surface area (Å²) < 4.78 is 1.98. The molecule has 1 aromatic heterocycles. The van der Waals surface area contributed by atoms with Gasteiger partial charge in [0.1, 0.15) is 0 Å². The fourth-order valence-electron chi connectivity index (χ4n) is 3.93. The molecule has 0 N–H and O–H groups in total. The molecule has 0 aliphatic heterocycles. The normalized spacial score (nSPS) is 11.9. The van der Waals surface area contributed by atoms with E-state index in [4.69, 9.17) is 0 Å². The molecule has 0 spiro atoms. The molecule has 0 amide bonds. The van der Waals surface area contributed by atoms with Crippen molar-refractivity contribution >= 4 is 64.6 Å². The quantitative estimate of drug-likeness (QED) is 0.282.